The highest BCUT2D eigenvalue weighted by molar-refractivity contribution is 5.94. The number of rotatable bonds is 6. The molecule has 1 saturated carbocycles. The van der Waals surface area contributed by atoms with Crippen LogP contribution in [0, 0.1) is 0 Å². The van der Waals surface area contributed by atoms with E-state index in [-0.39, 0.29) is 12.1 Å². The number of alkyl halides is 5. The number of aldehydes is 1. The monoisotopic (exact) mass is 603 g/mol. The van der Waals surface area contributed by atoms with Crippen LogP contribution in [-0.4, -0.2) is 74.6 Å². The lowest BCUT2D eigenvalue weighted by Crippen LogP contribution is -2.30. The van der Waals surface area contributed by atoms with E-state index in [1.54, 1.807) is 19.3 Å². The molecule has 0 unspecified atom stereocenters. The third-order valence-corrected chi connectivity index (χ3v) is 6.83. The molecule has 0 spiro atoms. The average Bonchev–Trinajstić information content (AvgIpc) is 3.30. The summed E-state index contributed by atoms with van der Waals surface area (Å²) in [6, 6.07) is 10.2. The number of amides is 1. The summed E-state index contributed by atoms with van der Waals surface area (Å²) in [5, 5.41) is 17.2. The third kappa shape index (κ3) is 5.80. The summed E-state index contributed by atoms with van der Waals surface area (Å²) >= 11 is 0. The Balaban J connectivity index is 0.000000472. The molecule has 11 nitrogen and oxygen atoms in total. The highest BCUT2D eigenvalue weighted by Gasteiger charge is 2.58. The number of aliphatic carboxylic acids is 1. The highest BCUT2D eigenvalue weighted by atomic mass is 19.4. The number of carboxylic acids is 1. The van der Waals surface area contributed by atoms with Crippen LogP contribution in [-0.2, 0) is 11.2 Å². The Morgan fingerprint density at radius 3 is 2.44 bits per heavy atom. The fourth-order valence-corrected chi connectivity index (χ4v) is 4.57. The molecule has 3 aromatic heterocycles. The molecular formula is C27H22F5N7O4. The molecule has 1 aliphatic carbocycles. The van der Waals surface area contributed by atoms with Gasteiger partial charge in [-0.2, -0.15) is 13.2 Å². The van der Waals surface area contributed by atoms with Crippen LogP contribution < -0.4 is 15.5 Å². The molecule has 4 heterocycles. The summed E-state index contributed by atoms with van der Waals surface area (Å²) in [6.07, 6.45) is -1.06. The SMILES string of the molecule is CNc1cc(N2CCc3c(-c4ccc(C=O)cn4)cccc32)nn2c(C(=O)N[C@@H]3CC3(F)F)cnc12.O=C(O)C(F)(F)F. The first-order chi connectivity index (χ1) is 20.3. The van der Waals surface area contributed by atoms with Crippen LogP contribution in [0.5, 0.6) is 0 Å². The molecule has 1 atom stereocenters. The molecule has 2 aliphatic rings. The van der Waals surface area contributed by atoms with E-state index in [1.807, 2.05) is 35.2 Å². The second-order valence-corrected chi connectivity index (χ2v) is 9.64. The van der Waals surface area contributed by atoms with Crippen molar-refractivity contribution >= 4 is 41.0 Å². The van der Waals surface area contributed by atoms with E-state index in [2.05, 4.69) is 25.7 Å². The van der Waals surface area contributed by atoms with Crippen molar-refractivity contribution in [3.63, 3.8) is 0 Å². The summed E-state index contributed by atoms with van der Waals surface area (Å²) in [7, 11) is 1.74. The van der Waals surface area contributed by atoms with Gasteiger partial charge in [0.15, 0.2) is 23.4 Å². The second-order valence-electron chi connectivity index (χ2n) is 9.64. The fraction of sp³-hybridized carbons (Fsp3) is 0.259. The lowest BCUT2D eigenvalue weighted by Gasteiger charge is -2.20. The van der Waals surface area contributed by atoms with Gasteiger partial charge < -0.3 is 20.6 Å². The van der Waals surface area contributed by atoms with E-state index < -0.39 is 30.0 Å². The van der Waals surface area contributed by atoms with Gasteiger partial charge in [-0.3, -0.25) is 14.6 Å². The van der Waals surface area contributed by atoms with Crippen LogP contribution >= 0.6 is 0 Å². The number of benzene rings is 1. The van der Waals surface area contributed by atoms with E-state index >= 15 is 0 Å². The van der Waals surface area contributed by atoms with Crippen molar-refractivity contribution in [3.05, 3.63) is 65.6 Å². The number of halogens is 5. The fourth-order valence-electron chi connectivity index (χ4n) is 4.57. The highest BCUT2D eigenvalue weighted by Crippen LogP contribution is 2.42. The molecule has 0 radical (unpaired) electrons. The standard InChI is InChI=1S/C25H21F2N7O2.C2HF3O2/c1-28-18-9-22(32-34-20(12-30-23(18)34)24(36)31-21-10-25(21,26)27)33-8-7-16-15(3-2-4-19(16)33)17-6-5-14(13-35)11-29-17;3-2(4,5)1(6)7/h2-6,9,11-13,21,28H,7-8,10H2,1H3,(H,31,36);(H,6,7)/t21-;/m1./s1. The topological polar surface area (TPSA) is 142 Å². The molecular weight excluding hydrogens is 581 g/mol. The minimum atomic E-state index is -5.08. The quantitative estimate of drug-likeness (QED) is 0.219. The lowest BCUT2D eigenvalue weighted by molar-refractivity contribution is -0.192. The molecule has 0 bridgehead atoms. The molecule has 43 heavy (non-hydrogen) atoms. The molecule has 224 valence electrons. The number of carbonyl (C=O) groups excluding carboxylic acids is 2. The number of imidazole rings is 1. The first-order valence-corrected chi connectivity index (χ1v) is 12.7. The van der Waals surface area contributed by atoms with Gasteiger partial charge in [-0.1, -0.05) is 12.1 Å². The Labute approximate surface area is 239 Å². The Kier molecular flexibility index (Phi) is 7.45. The Bertz CT molecular complexity index is 1720. The average molecular weight is 604 g/mol. The molecule has 4 aromatic rings. The Morgan fingerprint density at radius 1 is 1.14 bits per heavy atom. The number of carbonyl (C=O) groups is 3. The number of hydrogen-bond donors (Lipinski definition) is 3. The van der Waals surface area contributed by atoms with Crippen LogP contribution in [0.1, 0.15) is 32.8 Å². The summed E-state index contributed by atoms with van der Waals surface area (Å²) in [4.78, 5) is 43.4. The van der Waals surface area contributed by atoms with Gasteiger partial charge >= 0.3 is 12.1 Å². The van der Waals surface area contributed by atoms with Crippen LogP contribution in [0.15, 0.2) is 48.8 Å². The summed E-state index contributed by atoms with van der Waals surface area (Å²) in [6.45, 7) is 0.644. The maximum Gasteiger partial charge on any atom is 0.490 e. The number of hydrogen-bond acceptors (Lipinski definition) is 8. The minimum Gasteiger partial charge on any atom is -0.475 e. The number of fused-ring (bicyclic) bond motifs is 2. The molecule has 16 heteroatoms. The van der Waals surface area contributed by atoms with Crippen molar-refractivity contribution in [3.8, 4) is 11.3 Å². The van der Waals surface area contributed by atoms with Crippen molar-refractivity contribution in [1.82, 2.24) is 24.9 Å². The normalized spacial score (nSPS) is 16.6. The number of aromatic nitrogens is 4. The van der Waals surface area contributed by atoms with E-state index in [1.165, 1.54) is 10.7 Å². The minimum absolute atomic E-state index is 0.0821. The first kappa shape index (κ1) is 29.3. The predicted octanol–water partition coefficient (Wildman–Crippen LogP) is 4.11. The van der Waals surface area contributed by atoms with E-state index in [9.17, 15) is 31.5 Å². The van der Waals surface area contributed by atoms with Crippen molar-refractivity contribution in [2.45, 2.75) is 31.0 Å². The number of nitrogens with one attached hydrogen (secondary N) is 2. The number of carboxylic acid groups (broad SMARTS) is 1. The molecule has 3 N–H and O–H groups in total. The largest absolute Gasteiger partial charge is 0.490 e. The van der Waals surface area contributed by atoms with Crippen molar-refractivity contribution < 1.29 is 41.4 Å². The molecule has 1 fully saturated rings. The van der Waals surface area contributed by atoms with Crippen LogP contribution in [0.2, 0.25) is 0 Å². The smallest absolute Gasteiger partial charge is 0.475 e. The number of anilines is 3. The maximum atomic E-state index is 13.3. The van der Waals surface area contributed by atoms with E-state index in [0.717, 1.165) is 35.2 Å². The van der Waals surface area contributed by atoms with Crippen molar-refractivity contribution in [1.29, 1.82) is 0 Å². The summed E-state index contributed by atoms with van der Waals surface area (Å²) < 4.78 is 59.8. The number of pyridine rings is 1. The first-order valence-electron chi connectivity index (χ1n) is 12.7. The van der Waals surface area contributed by atoms with Gasteiger partial charge in [0, 0.05) is 49.1 Å². The van der Waals surface area contributed by atoms with Gasteiger partial charge in [-0.05, 0) is 30.2 Å². The second kappa shape index (κ2) is 10.9. The predicted molar refractivity (Wildman–Crippen MR) is 143 cm³/mol. The molecule has 1 aromatic carbocycles. The zero-order chi connectivity index (χ0) is 31.1. The maximum absolute atomic E-state index is 13.3. The summed E-state index contributed by atoms with van der Waals surface area (Å²) in [5.41, 5.74) is 5.43. The zero-order valence-electron chi connectivity index (χ0n) is 22.2. The van der Waals surface area contributed by atoms with Crippen LogP contribution in [0.4, 0.5) is 39.1 Å². The molecule has 1 amide bonds. The summed E-state index contributed by atoms with van der Waals surface area (Å²) in [5.74, 6) is -5.70. The molecule has 6 rings (SSSR count). The lowest BCUT2D eigenvalue weighted by atomic mass is 10.0. The van der Waals surface area contributed by atoms with E-state index in [4.69, 9.17) is 9.90 Å². The van der Waals surface area contributed by atoms with Gasteiger partial charge in [0.1, 0.15) is 0 Å². The Morgan fingerprint density at radius 2 is 1.86 bits per heavy atom. The van der Waals surface area contributed by atoms with Crippen molar-refractivity contribution in [2.75, 3.05) is 23.8 Å². The van der Waals surface area contributed by atoms with E-state index in [0.29, 0.717) is 29.3 Å². The van der Waals surface area contributed by atoms with Crippen LogP contribution in [0.25, 0.3) is 16.9 Å². The van der Waals surface area contributed by atoms with Gasteiger partial charge in [0.05, 0.1) is 23.6 Å². The van der Waals surface area contributed by atoms with Crippen LogP contribution in [0.3, 0.4) is 0 Å². The number of nitrogens with zero attached hydrogens (tertiary/aromatic N) is 5. The zero-order valence-corrected chi connectivity index (χ0v) is 22.2. The van der Waals surface area contributed by atoms with Crippen molar-refractivity contribution in [2.24, 2.45) is 0 Å². The Hall–Kier alpha value is -5.15. The van der Waals surface area contributed by atoms with Gasteiger partial charge in [0.2, 0.25) is 0 Å². The van der Waals surface area contributed by atoms with Gasteiger partial charge in [0.25, 0.3) is 11.8 Å². The van der Waals surface area contributed by atoms with Gasteiger partial charge in [-0.15, -0.1) is 5.10 Å². The molecule has 0 saturated heterocycles. The molecule has 1 aliphatic heterocycles. The van der Waals surface area contributed by atoms with Gasteiger partial charge in [-0.25, -0.2) is 23.1 Å². The third-order valence-electron chi connectivity index (χ3n) is 6.83.